The molecule has 1 saturated carbocycles. The van der Waals surface area contributed by atoms with E-state index < -0.39 is 0 Å². The lowest BCUT2D eigenvalue weighted by molar-refractivity contribution is 0.0896. The molecule has 20 heavy (non-hydrogen) atoms. The molecule has 0 aromatic heterocycles. The van der Waals surface area contributed by atoms with Crippen LogP contribution >= 0.6 is 0 Å². The number of hydrogen-bond donors (Lipinski definition) is 2. The normalized spacial score (nSPS) is 20.4. The average Bonchev–Trinajstić information content (AvgIpc) is 2.43. The van der Waals surface area contributed by atoms with Crippen molar-refractivity contribution in [1.82, 2.24) is 5.32 Å². The highest BCUT2D eigenvalue weighted by molar-refractivity contribution is 5.95. The van der Waals surface area contributed by atoms with E-state index in [0.29, 0.717) is 22.8 Å². The molecule has 0 unspecified atom stereocenters. The molecule has 0 spiro atoms. The van der Waals surface area contributed by atoms with Gasteiger partial charge in [0.25, 0.3) is 5.91 Å². The number of carbonyl (C=O) groups excluding carboxylic acids is 1. The number of benzene rings is 1. The lowest BCUT2D eigenvalue weighted by Gasteiger charge is -2.33. The van der Waals surface area contributed by atoms with E-state index >= 15 is 0 Å². The second-order valence-electron chi connectivity index (χ2n) is 5.12. The first-order valence-electron chi connectivity index (χ1n) is 6.72. The molecule has 1 amide bonds. The molecule has 1 aliphatic rings. The monoisotopic (exact) mass is 273 g/mol. The number of ether oxygens (including phenoxy) is 1. The van der Waals surface area contributed by atoms with Crippen LogP contribution in [-0.4, -0.2) is 30.8 Å². The first kappa shape index (κ1) is 14.4. The number of hydrogen-bond acceptors (Lipinski definition) is 3. The highest BCUT2D eigenvalue weighted by atomic mass is 16.5. The van der Waals surface area contributed by atoms with Gasteiger partial charge in [0.05, 0.1) is 12.7 Å². The maximum atomic E-state index is 12.1. The molecule has 2 N–H and O–H groups in total. The Labute approximate surface area is 119 Å². The van der Waals surface area contributed by atoms with Crippen molar-refractivity contribution in [2.45, 2.75) is 25.8 Å². The minimum atomic E-state index is -0.223. The molecule has 1 aliphatic carbocycles. The smallest absolute Gasteiger partial charge is 0.251 e. The summed E-state index contributed by atoms with van der Waals surface area (Å²) >= 11 is 0. The topological polar surface area (TPSA) is 58.6 Å². The SMILES string of the molecule is COc1ccc(C(=O)NC2CC(C)C2)cc1C#CCO. The van der Waals surface area contributed by atoms with Crippen molar-refractivity contribution in [3.63, 3.8) is 0 Å². The van der Waals surface area contributed by atoms with E-state index in [9.17, 15) is 4.79 Å². The molecule has 1 aromatic rings. The van der Waals surface area contributed by atoms with Crippen LogP contribution in [0, 0.1) is 17.8 Å². The zero-order valence-electron chi connectivity index (χ0n) is 11.8. The van der Waals surface area contributed by atoms with Crippen molar-refractivity contribution < 1.29 is 14.6 Å². The summed E-state index contributed by atoms with van der Waals surface area (Å²) in [6.07, 6.45) is 2.08. The van der Waals surface area contributed by atoms with Gasteiger partial charge in [-0.3, -0.25) is 4.79 Å². The van der Waals surface area contributed by atoms with E-state index in [1.54, 1.807) is 25.3 Å². The third-order valence-electron chi connectivity index (χ3n) is 3.47. The second kappa shape index (κ2) is 6.44. The van der Waals surface area contributed by atoms with Crippen LogP contribution in [0.25, 0.3) is 0 Å². The highest BCUT2D eigenvalue weighted by Crippen LogP contribution is 2.27. The van der Waals surface area contributed by atoms with Crippen LogP contribution in [0.3, 0.4) is 0 Å². The van der Waals surface area contributed by atoms with E-state index in [1.165, 1.54) is 0 Å². The Hall–Kier alpha value is -1.99. The van der Waals surface area contributed by atoms with E-state index in [0.717, 1.165) is 12.8 Å². The Morgan fingerprint density at radius 3 is 2.85 bits per heavy atom. The Morgan fingerprint density at radius 2 is 2.25 bits per heavy atom. The molecule has 0 aliphatic heterocycles. The predicted octanol–water partition coefficient (Wildman–Crippen LogP) is 1.57. The van der Waals surface area contributed by atoms with Gasteiger partial charge in [-0.2, -0.15) is 0 Å². The standard InChI is InChI=1S/C16H19NO3/c1-11-8-14(9-11)17-16(19)13-5-6-15(20-2)12(10-13)4-3-7-18/h5-6,10-11,14,18H,7-9H2,1-2H3,(H,17,19). The van der Waals surface area contributed by atoms with Gasteiger partial charge in [0.1, 0.15) is 12.4 Å². The summed E-state index contributed by atoms with van der Waals surface area (Å²) in [5.41, 5.74) is 1.17. The number of aliphatic hydroxyl groups excluding tert-OH is 1. The largest absolute Gasteiger partial charge is 0.495 e. The molecule has 0 saturated heterocycles. The quantitative estimate of drug-likeness (QED) is 0.822. The van der Waals surface area contributed by atoms with Crippen molar-refractivity contribution >= 4 is 5.91 Å². The van der Waals surface area contributed by atoms with E-state index in [4.69, 9.17) is 9.84 Å². The van der Waals surface area contributed by atoms with Crippen LogP contribution in [0.15, 0.2) is 18.2 Å². The molecule has 4 heteroatoms. The zero-order valence-corrected chi connectivity index (χ0v) is 11.8. The number of rotatable bonds is 3. The van der Waals surface area contributed by atoms with Crippen LogP contribution in [-0.2, 0) is 0 Å². The number of amides is 1. The van der Waals surface area contributed by atoms with Crippen molar-refractivity contribution in [2.24, 2.45) is 5.92 Å². The number of aliphatic hydroxyl groups is 1. The van der Waals surface area contributed by atoms with Gasteiger partial charge < -0.3 is 15.2 Å². The maximum absolute atomic E-state index is 12.1. The van der Waals surface area contributed by atoms with Gasteiger partial charge in [-0.15, -0.1) is 0 Å². The van der Waals surface area contributed by atoms with Crippen molar-refractivity contribution in [1.29, 1.82) is 0 Å². The summed E-state index contributed by atoms with van der Waals surface area (Å²) in [7, 11) is 1.55. The van der Waals surface area contributed by atoms with Crippen LogP contribution in [0.4, 0.5) is 0 Å². The van der Waals surface area contributed by atoms with Gasteiger partial charge in [0.2, 0.25) is 0 Å². The Morgan fingerprint density at radius 1 is 1.50 bits per heavy atom. The van der Waals surface area contributed by atoms with E-state index in [-0.39, 0.29) is 18.6 Å². The van der Waals surface area contributed by atoms with Gasteiger partial charge in [0.15, 0.2) is 0 Å². The molecule has 0 atom stereocenters. The van der Waals surface area contributed by atoms with Crippen LogP contribution in [0.1, 0.15) is 35.7 Å². The lowest BCUT2D eigenvalue weighted by Crippen LogP contribution is -2.43. The summed E-state index contributed by atoms with van der Waals surface area (Å²) in [6, 6.07) is 5.42. The van der Waals surface area contributed by atoms with Gasteiger partial charge in [0, 0.05) is 11.6 Å². The molecule has 1 fully saturated rings. The maximum Gasteiger partial charge on any atom is 0.251 e. The Bertz CT molecular complexity index is 551. The third kappa shape index (κ3) is 3.31. The van der Waals surface area contributed by atoms with Crippen LogP contribution < -0.4 is 10.1 Å². The molecular formula is C16H19NO3. The summed E-state index contributed by atoms with van der Waals surface area (Å²) < 4.78 is 5.19. The molecular weight excluding hydrogens is 254 g/mol. The van der Waals surface area contributed by atoms with Crippen LogP contribution in [0.5, 0.6) is 5.75 Å². The Kier molecular flexibility index (Phi) is 4.65. The lowest BCUT2D eigenvalue weighted by atomic mass is 9.82. The first-order valence-corrected chi connectivity index (χ1v) is 6.72. The fourth-order valence-corrected chi connectivity index (χ4v) is 2.37. The highest BCUT2D eigenvalue weighted by Gasteiger charge is 2.26. The summed E-state index contributed by atoms with van der Waals surface area (Å²) in [5.74, 6) is 6.57. The minimum Gasteiger partial charge on any atom is -0.495 e. The molecule has 0 radical (unpaired) electrons. The second-order valence-corrected chi connectivity index (χ2v) is 5.12. The molecule has 0 heterocycles. The van der Waals surface area contributed by atoms with Crippen molar-refractivity contribution in [3.8, 4) is 17.6 Å². The van der Waals surface area contributed by atoms with Gasteiger partial charge in [-0.05, 0) is 37.0 Å². The fraction of sp³-hybridized carbons (Fsp3) is 0.438. The van der Waals surface area contributed by atoms with Gasteiger partial charge >= 0.3 is 0 Å². The molecule has 0 bridgehead atoms. The summed E-state index contributed by atoms with van der Waals surface area (Å²) in [4.78, 5) is 12.1. The minimum absolute atomic E-state index is 0.0865. The number of carbonyl (C=O) groups is 1. The van der Waals surface area contributed by atoms with E-state index in [1.807, 2.05) is 0 Å². The van der Waals surface area contributed by atoms with Crippen LogP contribution in [0.2, 0.25) is 0 Å². The third-order valence-corrected chi connectivity index (χ3v) is 3.47. The predicted molar refractivity (Wildman–Crippen MR) is 76.6 cm³/mol. The molecule has 106 valence electrons. The fourth-order valence-electron chi connectivity index (χ4n) is 2.37. The Balaban J connectivity index is 2.13. The van der Waals surface area contributed by atoms with Gasteiger partial charge in [-0.1, -0.05) is 18.8 Å². The summed E-state index contributed by atoms with van der Waals surface area (Å²) in [5, 5.41) is 11.8. The number of nitrogens with one attached hydrogen (secondary N) is 1. The molecule has 2 rings (SSSR count). The average molecular weight is 273 g/mol. The van der Waals surface area contributed by atoms with Crippen molar-refractivity contribution in [2.75, 3.05) is 13.7 Å². The summed E-state index contributed by atoms with van der Waals surface area (Å²) in [6.45, 7) is 1.96. The van der Waals surface area contributed by atoms with E-state index in [2.05, 4.69) is 24.1 Å². The first-order chi connectivity index (χ1) is 9.63. The number of methoxy groups -OCH3 is 1. The zero-order chi connectivity index (χ0) is 14.5. The van der Waals surface area contributed by atoms with Gasteiger partial charge in [-0.25, -0.2) is 0 Å². The molecule has 4 nitrogen and oxygen atoms in total. The van der Waals surface area contributed by atoms with Crippen molar-refractivity contribution in [3.05, 3.63) is 29.3 Å². The molecule has 1 aromatic carbocycles.